The number of nitrogens with zero attached hydrogens (tertiary/aromatic N) is 1. The maximum absolute atomic E-state index is 13.6. The number of rotatable bonds is 9. The first kappa shape index (κ1) is 24.8. The largest absolute Gasteiger partial charge is 0.468 e. The summed E-state index contributed by atoms with van der Waals surface area (Å²) in [7, 11) is -3.02. The summed E-state index contributed by atoms with van der Waals surface area (Å²) in [6.45, 7) is 0.924. The van der Waals surface area contributed by atoms with E-state index >= 15 is 0 Å². The second-order valence-corrected chi connectivity index (χ2v) is 8.84. The lowest BCUT2D eigenvalue weighted by Crippen LogP contribution is -2.36. The third-order valence-electron chi connectivity index (χ3n) is 4.72. The molecule has 3 rings (SSSR count). The number of aliphatic hydroxyl groups excluding tert-OH is 1. The molecule has 5 atom stereocenters. The summed E-state index contributed by atoms with van der Waals surface area (Å²) in [6, 6.07) is 6.98. The molecule has 0 radical (unpaired) electrons. The van der Waals surface area contributed by atoms with Gasteiger partial charge in [-0.1, -0.05) is 18.2 Å². The Morgan fingerprint density at radius 2 is 2.09 bits per heavy atom. The minimum Gasteiger partial charge on any atom is -0.468 e. The number of ether oxygens (including phenoxy) is 2. The number of carbonyl (C=O) groups excluding carboxylic acids is 1. The number of benzene rings is 1. The third-order valence-corrected chi connectivity index (χ3v) is 6.37. The van der Waals surface area contributed by atoms with Crippen LogP contribution in [-0.2, 0) is 23.4 Å². The van der Waals surface area contributed by atoms with Crippen LogP contribution in [0.25, 0.3) is 0 Å². The maximum atomic E-state index is 13.6. The van der Waals surface area contributed by atoms with E-state index in [0.717, 1.165) is 11.7 Å². The molecular weight excluding hydrogens is 464 g/mol. The second-order valence-electron chi connectivity index (χ2n) is 7.15. The number of hydrogen-bond acceptors (Lipinski definition) is 9. The number of methoxy groups -OCH3 is 1. The normalized spacial score (nSPS) is 23.0. The molecule has 2 heterocycles. The first-order chi connectivity index (χ1) is 15.6. The predicted octanol–water partition coefficient (Wildman–Crippen LogP) is 0.679. The van der Waals surface area contributed by atoms with Gasteiger partial charge in [0.25, 0.3) is 5.56 Å². The van der Waals surface area contributed by atoms with Gasteiger partial charge in [0.15, 0.2) is 0 Å². The van der Waals surface area contributed by atoms with Crippen molar-refractivity contribution in [3.8, 4) is 5.75 Å². The van der Waals surface area contributed by atoms with Crippen LogP contribution in [0, 0.1) is 5.82 Å². The van der Waals surface area contributed by atoms with Crippen LogP contribution in [0.3, 0.4) is 0 Å². The van der Waals surface area contributed by atoms with Gasteiger partial charge in [0.05, 0.1) is 26.0 Å². The highest BCUT2D eigenvalue weighted by atomic mass is 31.2. The van der Waals surface area contributed by atoms with Crippen LogP contribution in [-0.4, -0.2) is 52.6 Å². The number of esters is 1. The first-order valence-electron chi connectivity index (χ1n) is 9.81. The van der Waals surface area contributed by atoms with Gasteiger partial charge in [-0.15, -0.1) is 0 Å². The van der Waals surface area contributed by atoms with Crippen LogP contribution in [0.4, 0.5) is 4.39 Å². The summed E-state index contributed by atoms with van der Waals surface area (Å²) in [5, 5.41) is 12.8. The molecule has 1 aliphatic rings. The molecule has 0 saturated carbocycles. The molecular formula is C19H23FN3O9P. The summed E-state index contributed by atoms with van der Waals surface area (Å²) in [5.41, 5.74) is -2.11. The van der Waals surface area contributed by atoms with Gasteiger partial charge in [-0.3, -0.25) is 23.7 Å². The number of aliphatic hydroxyl groups is 1. The number of carbonyl (C=O) groups is 1. The summed E-state index contributed by atoms with van der Waals surface area (Å²) < 4.78 is 48.7. The van der Waals surface area contributed by atoms with Crippen molar-refractivity contribution in [3.05, 3.63) is 63.2 Å². The molecule has 1 saturated heterocycles. The van der Waals surface area contributed by atoms with Gasteiger partial charge in [0.1, 0.15) is 24.1 Å². The smallest absolute Gasteiger partial charge is 0.459 e. The quantitative estimate of drug-likeness (QED) is 0.339. The van der Waals surface area contributed by atoms with Crippen molar-refractivity contribution >= 4 is 13.7 Å². The highest BCUT2D eigenvalue weighted by molar-refractivity contribution is 7.52. The van der Waals surface area contributed by atoms with Gasteiger partial charge in [0.2, 0.25) is 5.82 Å². The van der Waals surface area contributed by atoms with Crippen molar-refractivity contribution in [1.82, 2.24) is 14.6 Å². The van der Waals surface area contributed by atoms with Crippen molar-refractivity contribution in [3.63, 3.8) is 0 Å². The summed E-state index contributed by atoms with van der Waals surface area (Å²) in [6.07, 6.45) is -2.83. The van der Waals surface area contributed by atoms with Gasteiger partial charge in [0, 0.05) is 6.42 Å². The third kappa shape index (κ3) is 6.15. The molecule has 180 valence electrons. The highest BCUT2D eigenvalue weighted by Gasteiger charge is 2.39. The molecule has 1 aromatic carbocycles. The SMILES string of the molecule is COC(=O)[C@H](C)NP(=O)(OC[C@H]1O[C@@H](n2cc(F)c(=O)[nH]c2=O)CC1O)Oc1ccccc1. The molecule has 0 bridgehead atoms. The van der Waals surface area contributed by atoms with Gasteiger partial charge in [-0.25, -0.2) is 9.36 Å². The Morgan fingerprint density at radius 1 is 1.39 bits per heavy atom. The molecule has 1 fully saturated rings. The Bertz CT molecular complexity index is 1140. The van der Waals surface area contributed by atoms with Crippen LogP contribution in [0.2, 0.25) is 0 Å². The van der Waals surface area contributed by atoms with Crippen LogP contribution in [0.1, 0.15) is 19.6 Å². The molecule has 12 nitrogen and oxygen atoms in total. The van der Waals surface area contributed by atoms with Gasteiger partial charge in [-0.2, -0.15) is 9.48 Å². The van der Waals surface area contributed by atoms with Crippen molar-refractivity contribution in [2.24, 2.45) is 0 Å². The molecule has 3 N–H and O–H groups in total. The lowest BCUT2D eigenvalue weighted by molar-refractivity contribution is -0.142. The van der Waals surface area contributed by atoms with Crippen LogP contribution >= 0.6 is 7.75 Å². The molecule has 14 heteroatoms. The van der Waals surface area contributed by atoms with E-state index < -0.39 is 61.9 Å². The van der Waals surface area contributed by atoms with E-state index in [0.29, 0.717) is 6.20 Å². The number of halogens is 1. The Kier molecular flexibility index (Phi) is 7.82. The number of H-pyrrole nitrogens is 1. The fourth-order valence-electron chi connectivity index (χ4n) is 3.06. The summed E-state index contributed by atoms with van der Waals surface area (Å²) in [4.78, 5) is 36.7. The highest BCUT2D eigenvalue weighted by Crippen LogP contribution is 2.45. The van der Waals surface area contributed by atoms with Gasteiger partial charge < -0.3 is 19.1 Å². The topological polar surface area (TPSA) is 158 Å². The zero-order chi connectivity index (χ0) is 24.2. The summed E-state index contributed by atoms with van der Waals surface area (Å²) in [5.74, 6) is -1.73. The van der Waals surface area contributed by atoms with E-state index in [2.05, 4.69) is 9.82 Å². The fraction of sp³-hybridized carbons (Fsp3) is 0.421. The average Bonchev–Trinajstić information content (AvgIpc) is 3.15. The monoisotopic (exact) mass is 487 g/mol. The Labute approximate surface area is 186 Å². The van der Waals surface area contributed by atoms with Crippen molar-refractivity contribution in [1.29, 1.82) is 0 Å². The van der Waals surface area contributed by atoms with E-state index in [-0.39, 0.29) is 12.2 Å². The second kappa shape index (κ2) is 10.4. The van der Waals surface area contributed by atoms with Crippen LogP contribution in [0.5, 0.6) is 5.75 Å². The van der Waals surface area contributed by atoms with Crippen molar-refractivity contribution in [2.75, 3.05) is 13.7 Å². The van der Waals surface area contributed by atoms with Gasteiger partial charge >= 0.3 is 19.4 Å². The van der Waals surface area contributed by atoms with E-state index in [1.165, 1.54) is 19.1 Å². The Hall–Kier alpha value is -2.83. The van der Waals surface area contributed by atoms with E-state index in [1.54, 1.807) is 23.2 Å². The van der Waals surface area contributed by atoms with Crippen molar-refractivity contribution < 1.29 is 37.4 Å². The molecule has 33 heavy (non-hydrogen) atoms. The zero-order valence-electron chi connectivity index (χ0n) is 17.7. The molecule has 0 aliphatic carbocycles. The average molecular weight is 487 g/mol. The standard InChI is InChI=1S/C19H23FN3O9P/c1-11(18(26)29-2)22-33(28,32-12-6-4-3-5-7-12)30-10-15-14(24)8-16(31-15)23-9-13(20)17(25)21-19(23)27/h3-7,9,11,14-16,24H,8,10H2,1-2H3,(H,22,28)(H,21,25,27)/t11-,14?,15+,16+,33?/m0/s1. The zero-order valence-corrected chi connectivity index (χ0v) is 18.6. The van der Waals surface area contributed by atoms with E-state index in [1.807, 2.05) is 0 Å². The Morgan fingerprint density at radius 3 is 2.76 bits per heavy atom. The minimum absolute atomic E-state index is 0.130. The number of hydrogen-bond donors (Lipinski definition) is 3. The molecule has 1 aromatic heterocycles. The molecule has 1 aliphatic heterocycles. The maximum Gasteiger partial charge on any atom is 0.459 e. The summed E-state index contributed by atoms with van der Waals surface area (Å²) >= 11 is 0. The van der Waals surface area contributed by atoms with Crippen LogP contribution in [0.15, 0.2) is 46.1 Å². The number of aromatic amines is 1. The van der Waals surface area contributed by atoms with Crippen LogP contribution < -0.4 is 20.9 Å². The minimum atomic E-state index is -4.18. The first-order valence-corrected chi connectivity index (χ1v) is 11.4. The lowest BCUT2D eigenvalue weighted by atomic mass is 10.2. The number of nitrogens with one attached hydrogen (secondary N) is 2. The number of aromatic nitrogens is 2. The van der Waals surface area contributed by atoms with Crippen molar-refractivity contribution in [2.45, 2.75) is 37.8 Å². The Balaban J connectivity index is 1.73. The number of para-hydroxylation sites is 1. The molecule has 0 spiro atoms. The van der Waals surface area contributed by atoms with E-state index in [4.69, 9.17) is 13.8 Å². The fourth-order valence-corrected chi connectivity index (χ4v) is 4.56. The lowest BCUT2D eigenvalue weighted by Gasteiger charge is -2.24. The molecule has 2 unspecified atom stereocenters. The predicted molar refractivity (Wildman–Crippen MR) is 111 cm³/mol. The molecule has 2 aromatic rings. The molecule has 0 amide bonds. The van der Waals surface area contributed by atoms with E-state index in [9.17, 15) is 28.4 Å². The van der Waals surface area contributed by atoms with Gasteiger partial charge in [-0.05, 0) is 19.1 Å².